The summed E-state index contributed by atoms with van der Waals surface area (Å²) < 4.78 is 30.6. The van der Waals surface area contributed by atoms with Gasteiger partial charge >= 0.3 is 5.97 Å². The average molecular weight is 264 g/mol. The summed E-state index contributed by atoms with van der Waals surface area (Å²) in [6.07, 6.45) is 0. The predicted molar refractivity (Wildman–Crippen MR) is 63.5 cm³/mol. The summed E-state index contributed by atoms with van der Waals surface area (Å²) in [5.74, 6) is -2.73. The van der Waals surface area contributed by atoms with Crippen LogP contribution < -0.4 is 0 Å². The topological polar surface area (TPSA) is 52.1 Å². The molecule has 0 aliphatic rings. The zero-order valence-corrected chi connectivity index (χ0v) is 10.3. The molecule has 6 heteroatoms. The van der Waals surface area contributed by atoms with Crippen LogP contribution in [-0.4, -0.2) is 23.0 Å². The van der Waals surface area contributed by atoms with Crippen LogP contribution in [0.5, 0.6) is 0 Å². The second-order valence-electron chi connectivity index (χ2n) is 3.84. The molecule has 1 aromatic heterocycles. The number of aryl methyl sites for hydroxylation is 1. The predicted octanol–water partition coefficient (Wildman–Crippen LogP) is 2.52. The summed E-state index contributed by atoms with van der Waals surface area (Å²) in [5, 5.41) is 0. The van der Waals surface area contributed by atoms with Crippen molar-refractivity contribution in [2.45, 2.75) is 6.92 Å². The molecule has 0 saturated carbocycles. The van der Waals surface area contributed by atoms with Crippen molar-refractivity contribution in [3.63, 3.8) is 0 Å². The Morgan fingerprint density at radius 1 is 1.16 bits per heavy atom. The summed E-state index contributed by atoms with van der Waals surface area (Å²) in [6, 6.07) is 4.96. The fourth-order valence-electron chi connectivity index (χ4n) is 1.55. The second kappa shape index (κ2) is 5.09. The van der Waals surface area contributed by atoms with Crippen molar-refractivity contribution in [1.29, 1.82) is 0 Å². The molecule has 19 heavy (non-hydrogen) atoms. The van der Waals surface area contributed by atoms with E-state index in [9.17, 15) is 13.6 Å². The molecule has 0 aliphatic heterocycles. The van der Waals surface area contributed by atoms with E-state index < -0.39 is 17.6 Å². The van der Waals surface area contributed by atoms with Crippen LogP contribution >= 0.6 is 0 Å². The van der Waals surface area contributed by atoms with Crippen molar-refractivity contribution >= 4 is 5.97 Å². The van der Waals surface area contributed by atoms with Gasteiger partial charge in [0, 0.05) is 11.3 Å². The molecule has 98 valence electrons. The lowest BCUT2D eigenvalue weighted by Crippen LogP contribution is -2.09. The van der Waals surface area contributed by atoms with Gasteiger partial charge in [0.15, 0.2) is 11.6 Å². The Morgan fingerprint density at radius 3 is 2.53 bits per heavy atom. The van der Waals surface area contributed by atoms with E-state index in [0.29, 0.717) is 17.0 Å². The van der Waals surface area contributed by atoms with Crippen LogP contribution in [0.1, 0.15) is 16.3 Å². The molecule has 4 nitrogen and oxygen atoms in total. The Kier molecular flexibility index (Phi) is 3.50. The Labute approximate surface area is 108 Å². The number of halogens is 2. The van der Waals surface area contributed by atoms with E-state index in [1.54, 1.807) is 13.0 Å². The Balaban J connectivity index is 2.52. The van der Waals surface area contributed by atoms with Crippen LogP contribution in [0.15, 0.2) is 24.3 Å². The maximum absolute atomic E-state index is 13.2. The number of carbonyl (C=O) groups excluding carboxylic acids is 1. The summed E-state index contributed by atoms with van der Waals surface area (Å²) in [5.41, 5.74) is 1.21. The molecule has 1 aromatic carbocycles. The fourth-order valence-corrected chi connectivity index (χ4v) is 1.55. The summed E-state index contributed by atoms with van der Waals surface area (Å²) in [6.45, 7) is 1.66. The number of ether oxygens (including phenoxy) is 1. The summed E-state index contributed by atoms with van der Waals surface area (Å²) >= 11 is 0. The second-order valence-corrected chi connectivity index (χ2v) is 3.84. The van der Waals surface area contributed by atoms with Crippen molar-refractivity contribution in [2.75, 3.05) is 7.11 Å². The first-order valence-corrected chi connectivity index (χ1v) is 5.40. The third kappa shape index (κ3) is 2.73. The van der Waals surface area contributed by atoms with E-state index in [2.05, 4.69) is 14.7 Å². The third-order valence-corrected chi connectivity index (χ3v) is 2.44. The van der Waals surface area contributed by atoms with Crippen molar-refractivity contribution < 1.29 is 18.3 Å². The number of benzene rings is 1. The number of carbonyl (C=O) groups is 1. The van der Waals surface area contributed by atoms with Gasteiger partial charge in [-0.05, 0) is 31.2 Å². The number of hydrogen-bond acceptors (Lipinski definition) is 4. The monoisotopic (exact) mass is 264 g/mol. The summed E-state index contributed by atoms with van der Waals surface area (Å²) in [7, 11) is 1.21. The van der Waals surface area contributed by atoms with Gasteiger partial charge in [-0.3, -0.25) is 0 Å². The molecule has 0 bridgehead atoms. The molecule has 0 saturated heterocycles. The van der Waals surface area contributed by atoms with Crippen molar-refractivity contribution in [3.05, 3.63) is 47.4 Å². The number of esters is 1. The molecule has 0 aliphatic carbocycles. The lowest BCUT2D eigenvalue weighted by Gasteiger charge is -2.05. The van der Waals surface area contributed by atoms with E-state index in [4.69, 9.17) is 0 Å². The number of rotatable bonds is 2. The zero-order chi connectivity index (χ0) is 14.0. The van der Waals surface area contributed by atoms with Gasteiger partial charge in [-0.15, -0.1) is 0 Å². The standard InChI is InChI=1S/C13H10F2N2O2/c1-7-5-11(17-12(16-7)13(18)19-2)8-3-4-9(14)10(15)6-8/h3-6H,1-2H3. The smallest absolute Gasteiger partial charge is 0.376 e. The van der Waals surface area contributed by atoms with Gasteiger partial charge in [0.1, 0.15) is 0 Å². The zero-order valence-electron chi connectivity index (χ0n) is 10.3. The quantitative estimate of drug-likeness (QED) is 0.782. The molecule has 2 aromatic rings. The van der Waals surface area contributed by atoms with E-state index in [1.165, 1.54) is 13.2 Å². The molecule has 0 amide bonds. The first-order valence-electron chi connectivity index (χ1n) is 5.40. The van der Waals surface area contributed by atoms with Crippen molar-refractivity contribution in [3.8, 4) is 11.3 Å². The number of methoxy groups -OCH3 is 1. The molecule has 0 spiro atoms. The highest BCUT2D eigenvalue weighted by molar-refractivity contribution is 5.85. The molecule has 0 fully saturated rings. The molecule has 0 atom stereocenters. The summed E-state index contributed by atoms with van der Waals surface area (Å²) in [4.78, 5) is 19.3. The number of hydrogen-bond donors (Lipinski definition) is 0. The van der Waals surface area contributed by atoms with Crippen LogP contribution in [0.2, 0.25) is 0 Å². The van der Waals surface area contributed by atoms with Crippen LogP contribution in [0, 0.1) is 18.6 Å². The van der Waals surface area contributed by atoms with Crippen LogP contribution in [0.25, 0.3) is 11.3 Å². The van der Waals surface area contributed by atoms with E-state index in [-0.39, 0.29) is 5.82 Å². The first kappa shape index (κ1) is 13.1. The highest BCUT2D eigenvalue weighted by atomic mass is 19.2. The molecule has 0 radical (unpaired) electrons. The SMILES string of the molecule is COC(=O)c1nc(C)cc(-c2ccc(F)c(F)c2)n1. The number of aromatic nitrogens is 2. The Morgan fingerprint density at radius 2 is 1.89 bits per heavy atom. The van der Waals surface area contributed by atoms with Gasteiger partial charge in [-0.2, -0.15) is 0 Å². The van der Waals surface area contributed by atoms with Crippen molar-refractivity contribution in [1.82, 2.24) is 9.97 Å². The van der Waals surface area contributed by atoms with E-state index in [1.807, 2.05) is 0 Å². The maximum atomic E-state index is 13.2. The Hall–Kier alpha value is -2.37. The average Bonchev–Trinajstić information content (AvgIpc) is 2.40. The largest absolute Gasteiger partial charge is 0.463 e. The maximum Gasteiger partial charge on any atom is 0.376 e. The Bertz CT molecular complexity index is 645. The van der Waals surface area contributed by atoms with E-state index >= 15 is 0 Å². The minimum atomic E-state index is -0.978. The molecule has 0 unspecified atom stereocenters. The van der Waals surface area contributed by atoms with E-state index in [0.717, 1.165) is 12.1 Å². The van der Waals surface area contributed by atoms with Gasteiger partial charge in [0.2, 0.25) is 5.82 Å². The molecule has 2 rings (SSSR count). The highest BCUT2D eigenvalue weighted by Crippen LogP contribution is 2.20. The molecular weight excluding hydrogens is 254 g/mol. The lowest BCUT2D eigenvalue weighted by molar-refractivity contribution is 0.0586. The number of nitrogens with zero attached hydrogens (tertiary/aromatic N) is 2. The van der Waals surface area contributed by atoms with Gasteiger partial charge in [0.05, 0.1) is 12.8 Å². The van der Waals surface area contributed by atoms with Crippen LogP contribution in [0.3, 0.4) is 0 Å². The molecule has 0 N–H and O–H groups in total. The lowest BCUT2D eigenvalue weighted by atomic mass is 10.1. The first-order chi connectivity index (χ1) is 9.01. The van der Waals surface area contributed by atoms with Gasteiger partial charge in [-0.1, -0.05) is 0 Å². The normalized spacial score (nSPS) is 10.3. The third-order valence-electron chi connectivity index (χ3n) is 2.44. The van der Waals surface area contributed by atoms with Gasteiger partial charge in [0.25, 0.3) is 0 Å². The van der Waals surface area contributed by atoms with Gasteiger partial charge < -0.3 is 4.74 Å². The van der Waals surface area contributed by atoms with Gasteiger partial charge in [-0.25, -0.2) is 23.5 Å². The van der Waals surface area contributed by atoms with Crippen LogP contribution in [-0.2, 0) is 4.74 Å². The molecular formula is C13H10F2N2O2. The minimum Gasteiger partial charge on any atom is -0.463 e. The van der Waals surface area contributed by atoms with Crippen molar-refractivity contribution in [2.24, 2.45) is 0 Å². The minimum absolute atomic E-state index is 0.123. The molecule has 1 heterocycles. The van der Waals surface area contributed by atoms with Crippen LogP contribution in [0.4, 0.5) is 8.78 Å². The fraction of sp³-hybridized carbons (Fsp3) is 0.154. The highest BCUT2D eigenvalue weighted by Gasteiger charge is 2.13.